The zero-order chi connectivity index (χ0) is 29.1. The fourth-order valence-corrected chi connectivity index (χ4v) is 5.63. The molecular formula is C33H27N5O3S. The Morgan fingerprint density at radius 2 is 1.55 bits per heavy atom. The highest BCUT2D eigenvalue weighted by Crippen LogP contribution is 2.32. The summed E-state index contributed by atoms with van der Waals surface area (Å²) in [6, 6.07) is 32.8. The summed E-state index contributed by atoms with van der Waals surface area (Å²) in [4.78, 5) is 29.1. The molecule has 0 saturated heterocycles. The van der Waals surface area contributed by atoms with Gasteiger partial charge < -0.3 is 0 Å². The van der Waals surface area contributed by atoms with E-state index in [9.17, 15) is 9.59 Å². The van der Waals surface area contributed by atoms with Gasteiger partial charge in [-0.15, -0.1) is 0 Å². The number of carbonyl (C=O) groups excluding carboxylic acids is 2. The third-order valence-corrected chi connectivity index (χ3v) is 7.86. The van der Waals surface area contributed by atoms with Gasteiger partial charge in [0.15, 0.2) is 5.13 Å². The molecule has 42 heavy (non-hydrogen) atoms. The first kappa shape index (κ1) is 27.1. The molecule has 6 rings (SSSR count). The SMILES string of the molecule is Cc1ccc(C(=O)Nc2nc3ccc(-c4cc(Cc5ccccc5)nn4Cc4ccc(C(=O)NO)cc4)cc3s2)cc1. The second kappa shape index (κ2) is 11.8. The second-order valence-electron chi connectivity index (χ2n) is 10.0. The number of nitrogens with zero attached hydrogens (tertiary/aromatic N) is 3. The molecular weight excluding hydrogens is 546 g/mol. The minimum atomic E-state index is -0.557. The number of carbonyl (C=O) groups is 2. The van der Waals surface area contributed by atoms with Gasteiger partial charge in [-0.25, -0.2) is 10.5 Å². The highest BCUT2D eigenvalue weighted by molar-refractivity contribution is 7.22. The molecule has 2 aromatic heterocycles. The van der Waals surface area contributed by atoms with E-state index in [1.54, 1.807) is 29.7 Å². The number of thiazole rings is 1. The molecule has 3 N–H and O–H groups in total. The molecule has 9 heteroatoms. The van der Waals surface area contributed by atoms with Crippen molar-refractivity contribution in [1.29, 1.82) is 0 Å². The van der Waals surface area contributed by atoms with Crippen molar-refractivity contribution in [3.8, 4) is 11.3 Å². The molecule has 0 aliphatic carbocycles. The molecule has 0 atom stereocenters. The fourth-order valence-electron chi connectivity index (χ4n) is 4.73. The average Bonchev–Trinajstić information content (AvgIpc) is 3.60. The first-order valence-electron chi connectivity index (χ1n) is 13.4. The monoisotopic (exact) mass is 573 g/mol. The van der Waals surface area contributed by atoms with Crippen LogP contribution in [0, 0.1) is 6.92 Å². The Balaban J connectivity index is 1.30. The summed E-state index contributed by atoms with van der Waals surface area (Å²) in [7, 11) is 0. The molecule has 4 aromatic carbocycles. The van der Waals surface area contributed by atoms with Crippen molar-refractivity contribution >= 4 is 38.5 Å². The van der Waals surface area contributed by atoms with E-state index >= 15 is 0 Å². The molecule has 2 amide bonds. The Labute approximate surface area is 246 Å². The molecule has 6 aromatic rings. The van der Waals surface area contributed by atoms with Gasteiger partial charge in [0, 0.05) is 23.1 Å². The molecule has 2 heterocycles. The van der Waals surface area contributed by atoms with Crippen LogP contribution < -0.4 is 10.8 Å². The van der Waals surface area contributed by atoms with Gasteiger partial charge in [-0.3, -0.25) is 24.8 Å². The topological polar surface area (TPSA) is 109 Å². The number of aryl methyl sites for hydroxylation is 1. The number of aromatic nitrogens is 3. The van der Waals surface area contributed by atoms with Crippen molar-refractivity contribution in [2.24, 2.45) is 0 Å². The van der Waals surface area contributed by atoms with Crippen molar-refractivity contribution in [2.45, 2.75) is 19.9 Å². The van der Waals surface area contributed by atoms with Gasteiger partial charge >= 0.3 is 0 Å². The lowest BCUT2D eigenvalue weighted by Gasteiger charge is -2.09. The van der Waals surface area contributed by atoms with Gasteiger partial charge in [-0.2, -0.15) is 5.10 Å². The first-order valence-corrected chi connectivity index (χ1v) is 14.2. The number of hydrogen-bond acceptors (Lipinski definition) is 6. The van der Waals surface area contributed by atoms with Crippen molar-refractivity contribution in [2.75, 3.05) is 5.32 Å². The molecule has 0 bridgehead atoms. The van der Waals surface area contributed by atoms with Crippen molar-refractivity contribution in [3.05, 3.63) is 137 Å². The van der Waals surface area contributed by atoms with Crippen LogP contribution in [0.4, 0.5) is 5.13 Å². The Morgan fingerprint density at radius 3 is 2.29 bits per heavy atom. The Kier molecular flexibility index (Phi) is 7.59. The number of rotatable bonds is 8. The van der Waals surface area contributed by atoms with Crippen LogP contribution in [0.2, 0.25) is 0 Å². The van der Waals surface area contributed by atoms with Crippen LogP contribution in [-0.4, -0.2) is 31.8 Å². The van der Waals surface area contributed by atoms with Crippen molar-refractivity contribution in [1.82, 2.24) is 20.2 Å². The molecule has 0 fully saturated rings. The van der Waals surface area contributed by atoms with Crippen molar-refractivity contribution < 1.29 is 14.8 Å². The minimum absolute atomic E-state index is 0.194. The lowest BCUT2D eigenvalue weighted by atomic mass is 10.1. The van der Waals surface area contributed by atoms with Gasteiger partial charge in [0.2, 0.25) is 0 Å². The molecule has 0 spiro atoms. The lowest BCUT2D eigenvalue weighted by Crippen LogP contribution is -2.18. The molecule has 0 radical (unpaired) electrons. The summed E-state index contributed by atoms with van der Waals surface area (Å²) in [5, 5.41) is 17.3. The number of benzene rings is 4. The van der Waals surface area contributed by atoms with Crippen LogP contribution in [0.3, 0.4) is 0 Å². The molecule has 0 aliphatic rings. The van der Waals surface area contributed by atoms with E-state index < -0.39 is 5.91 Å². The normalized spacial score (nSPS) is 11.0. The van der Waals surface area contributed by atoms with Gasteiger partial charge in [0.1, 0.15) is 0 Å². The third kappa shape index (κ3) is 5.97. The largest absolute Gasteiger partial charge is 0.298 e. The van der Waals surface area contributed by atoms with Gasteiger partial charge in [0.25, 0.3) is 11.8 Å². The zero-order valence-corrected chi connectivity index (χ0v) is 23.6. The molecule has 208 valence electrons. The highest BCUT2D eigenvalue weighted by Gasteiger charge is 2.15. The average molecular weight is 574 g/mol. The van der Waals surface area contributed by atoms with Gasteiger partial charge in [0.05, 0.1) is 28.1 Å². The number of amides is 2. The van der Waals surface area contributed by atoms with E-state index in [0.717, 1.165) is 38.3 Å². The molecule has 0 aliphatic heterocycles. The van der Waals surface area contributed by atoms with Crippen LogP contribution >= 0.6 is 11.3 Å². The summed E-state index contributed by atoms with van der Waals surface area (Å²) in [5.74, 6) is -0.751. The number of hydroxylamine groups is 1. The smallest absolute Gasteiger partial charge is 0.274 e. The summed E-state index contributed by atoms with van der Waals surface area (Å²) >= 11 is 1.43. The predicted molar refractivity (Wildman–Crippen MR) is 164 cm³/mol. The van der Waals surface area contributed by atoms with E-state index in [1.165, 1.54) is 16.9 Å². The number of hydrogen-bond donors (Lipinski definition) is 3. The van der Waals surface area contributed by atoms with Crippen LogP contribution in [0.15, 0.2) is 103 Å². The van der Waals surface area contributed by atoms with E-state index in [1.807, 2.05) is 66.2 Å². The minimum Gasteiger partial charge on any atom is -0.298 e. The number of fused-ring (bicyclic) bond motifs is 1. The first-order chi connectivity index (χ1) is 20.4. The fraction of sp³-hybridized carbons (Fsp3) is 0.0909. The van der Waals surface area contributed by atoms with E-state index in [-0.39, 0.29) is 5.91 Å². The number of nitrogens with one attached hydrogen (secondary N) is 2. The molecule has 0 unspecified atom stereocenters. The molecule has 0 saturated carbocycles. The molecule has 8 nitrogen and oxygen atoms in total. The summed E-state index contributed by atoms with van der Waals surface area (Å²) in [6.45, 7) is 2.47. The van der Waals surface area contributed by atoms with Crippen LogP contribution in [0.25, 0.3) is 21.5 Å². The summed E-state index contributed by atoms with van der Waals surface area (Å²) in [5.41, 5.74) is 9.49. The van der Waals surface area contributed by atoms with E-state index in [4.69, 9.17) is 10.3 Å². The Bertz CT molecular complexity index is 1880. The van der Waals surface area contributed by atoms with E-state index in [0.29, 0.717) is 29.2 Å². The van der Waals surface area contributed by atoms with Crippen LogP contribution in [-0.2, 0) is 13.0 Å². The highest BCUT2D eigenvalue weighted by atomic mass is 32.1. The summed E-state index contributed by atoms with van der Waals surface area (Å²) < 4.78 is 2.91. The maximum atomic E-state index is 12.7. The Hall–Kier alpha value is -5.12. The predicted octanol–water partition coefficient (Wildman–Crippen LogP) is 6.48. The van der Waals surface area contributed by atoms with Crippen LogP contribution in [0.1, 0.15) is 43.1 Å². The number of anilines is 1. The van der Waals surface area contributed by atoms with Crippen LogP contribution in [0.5, 0.6) is 0 Å². The maximum absolute atomic E-state index is 12.7. The zero-order valence-electron chi connectivity index (χ0n) is 22.7. The Morgan fingerprint density at radius 1 is 0.833 bits per heavy atom. The van der Waals surface area contributed by atoms with E-state index in [2.05, 4.69) is 34.6 Å². The summed E-state index contributed by atoms with van der Waals surface area (Å²) in [6.07, 6.45) is 0.689. The quantitative estimate of drug-likeness (QED) is 0.143. The standard InChI is InChI=1S/C33H27N5O3S/c1-21-7-11-24(12-8-21)31(39)35-33-34-28-16-15-26(18-30(28)42-33)29-19-27(17-22-5-3-2-4-6-22)36-38(29)20-23-9-13-25(14-10-23)32(40)37-41/h2-16,18-19,41H,17,20H2,1H3,(H,37,40)(H,34,35,39). The third-order valence-electron chi connectivity index (χ3n) is 6.93. The van der Waals surface area contributed by atoms with Gasteiger partial charge in [-0.1, -0.05) is 77.6 Å². The maximum Gasteiger partial charge on any atom is 0.274 e. The van der Waals surface area contributed by atoms with Crippen molar-refractivity contribution in [3.63, 3.8) is 0 Å². The second-order valence-corrected chi connectivity index (χ2v) is 11.0. The lowest BCUT2D eigenvalue weighted by molar-refractivity contribution is 0.0706. The van der Waals surface area contributed by atoms with Gasteiger partial charge in [-0.05, 0) is 60.5 Å².